The van der Waals surface area contributed by atoms with E-state index >= 15 is 0 Å². The van der Waals surface area contributed by atoms with Gasteiger partial charge in [0.15, 0.2) is 5.13 Å². The molecule has 0 aliphatic heterocycles. The first-order chi connectivity index (χ1) is 9.65. The van der Waals surface area contributed by atoms with Gasteiger partial charge in [0, 0.05) is 25.7 Å². The zero-order chi connectivity index (χ0) is 14.5. The highest BCUT2D eigenvalue weighted by molar-refractivity contribution is 7.18. The monoisotopic (exact) mass is 298 g/mol. The quantitative estimate of drug-likeness (QED) is 0.715. The highest BCUT2D eigenvalue weighted by atomic mass is 32.1. The van der Waals surface area contributed by atoms with Gasteiger partial charge in [-0.15, -0.1) is 0 Å². The Hall–Kier alpha value is -1.34. The summed E-state index contributed by atoms with van der Waals surface area (Å²) >= 11 is 1.34. The number of nitrogens with zero attached hydrogens (tertiary/aromatic N) is 2. The average molecular weight is 298 g/mol. The summed E-state index contributed by atoms with van der Waals surface area (Å²) < 4.78 is 5.30. The Labute approximate surface area is 123 Å². The maximum Gasteiger partial charge on any atom is 0.267 e. The molecule has 0 unspecified atom stereocenters. The van der Waals surface area contributed by atoms with Gasteiger partial charge in [0.1, 0.15) is 10.7 Å². The fourth-order valence-electron chi connectivity index (χ4n) is 1.82. The minimum absolute atomic E-state index is 0.0638. The van der Waals surface area contributed by atoms with Crippen molar-refractivity contribution in [3.05, 3.63) is 4.88 Å². The zero-order valence-electron chi connectivity index (χ0n) is 12.0. The Kier molecular flexibility index (Phi) is 5.19. The molecular weight excluding hydrogens is 276 g/mol. The molecule has 2 rings (SSSR count). The molecular formula is C13H22N4O2S. The Balaban J connectivity index is 1.99. The third kappa shape index (κ3) is 3.83. The number of thiazole rings is 1. The van der Waals surface area contributed by atoms with Crippen molar-refractivity contribution in [3.8, 4) is 0 Å². The van der Waals surface area contributed by atoms with Crippen molar-refractivity contribution in [2.24, 2.45) is 0 Å². The lowest BCUT2D eigenvalue weighted by Gasteiger charge is -2.19. The third-order valence-electron chi connectivity index (χ3n) is 3.13. The summed E-state index contributed by atoms with van der Waals surface area (Å²) in [4.78, 5) is 18.9. The molecule has 0 radical (unpaired) electrons. The molecule has 1 aliphatic carbocycles. The zero-order valence-corrected chi connectivity index (χ0v) is 12.8. The molecule has 1 saturated carbocycles. The molecule has 0 bridgehead atoms. The number of carbonyl (C=O) groups excluding carboxylic acids is 1. The Morgan fingerprint density at radius 3 is 2.90 bits per heavy atom. The molecule has 1 aromatic rings. The molecule has 1 aliphatic rings. The molecule has 0 saturated heterocycles. The van der Waals surface area contributed by atoms with Crippen LogP contribution in [-0.2, 0) is 4.74 Å². The highest BCUT2D eigenvalue weighted by Gasteiger charge is 2.25. The SMILES string of the molecule is CCOCCN(CC)C(=O)c1sc(NC2CC2)nc1N. The highest BCUT2D eigenvalue weighted by Crippen LogP contribution is 2.31. The first kappa shape index (κ1) is 15.1. The van der Waals surface area contributed by atoms with Gasteiger partial charge < -0.3 is 20.7 Å². The lowest BCUT2D eigenvalue weighted by atomic mass is 10.4. The predicted octanol–water partition coefficient (Wildman–Crippen LogP) is 1.80. The summed E-state index contributed by atoms with van der Waals surface area (Å²) in [5.41, 5.74) is 5.87. The number of nitrogens with two attached hydrogens (primary N) is 1. The molecule has 3 N–H and O–H groups in total. The van der Waals surface area contributed by atoms with E-state index in [1.807, 2.05) is 13.8 Å². The van der Waals surface area contributed by atoms with E-state index in [-0.39, 0.29) is 5.91 Å². The summed E-state index contributed by atoms with van der Waals surface area (Å²) in [6, 6.07) is 0.503. The second-order valence-corrected chi connectivity index (χ2v) is 5.73. The number of anilines is 2. The minimum Gasteiger partial charge on any atom is -0.382 e. The summed E-state index contributed by atoms with van der Waals surface area (Å²) in [6.45, 7) is 6.30. The molecule has 0 aromatic carbocycles. The third-order valence-corrected chi connectivity index (χ3v) is 4.12. The van der Waals surface area contributed by atoms with Crippen molar-refractivity contribution in [2.45, 2.75) is 32.7 Å². The van der Waals surface area contributed by atoms with Crippen LogP contribution in [0.5, 0.6) is 0 Å². The summed E-state index contributed by atoms with van der Waals surface area (Å²) in [7, 11) is 0. The number of hydrogen-bond acceptors (Lipinski definition) is 6. The Morgan fingerprint density at radius 1 is 1.55 bits per heavy atom. The minimum atomic E-state index is -0.0638. The maximum atomic E-state index is 12.4. The van der Waals surface area contributed by atoms with Crippen LogP contribution < -0.4 is 11.1 Å². The first-order valence-electron chi connectivity index (χ1n) is 7.05. The number of ether oxygens (including phenoxy) is 1. The Bertz CT molecular complexity index is 459. The molecule has 1 fully saturated rings. The van der Waals surface area contributed by atoms with Crippen molar-refractivity contribution >= 4 is 28.2 Å². The number of nitrogen functional groups attached to an aromatic ring is 1. The van der Waals surface area contributed by atoms with Crippen LogP contribution >= 0.6 is 11.3 Å². The van der Waals surface area contributed by atoms with Gasteiger partial charge >= 0.3 is 0 Å². The van der Waals surface area contributed by atoms with E-state index in [9.17, 15) is 4.79 Å². The van der Waals surface area contributed by atoms with Gasteiger partial charge in [-0.3, -0.25) is 4.79 Å². The van der Waals surface area contributed by atoms with Crippen molar-refractivity contribution in [3.63, 3.8) is 0 Å². The van der Waals surface area contributed by atoms with Gasteiger partial charge in [-0.1, -0.05) is 11.3 Å². The second-order valence-electron chi connectivity index (χ2n) is 4.73. The van der Waals surface area contributed by atoms with E-state index in [1.165, 1.54) is 11.3 Å². The Morgan fingerprint density at radius 2 is 2.30 bits per heavy atom. The van der Waals surface area contributed by atoms with E-state index in [2.05, 4.69) is 10.3 Å². The normalized spacial score (nSPS) is 14.3. The molecule has 7 heteroatoms. The molecule has 1 heterocycles. The van der Waals surface area contributed by atoms with Crippen LogP contribution in [0.15, 0.2) is 0 Å². The summed E-state index contributed by atoms with van der Waals surface area (Å²) in [5, 5.41) is 4.02. The number of hydrogen-bond donors (Lipinski definition) is 2. The van der Waals surface area contributed by atoms with E-state index in [0.717, 1.165) is 18.0 Å². The van der Waals surface area contributed by atoms with Crippen LogP contribution in [0.2, 0.25) is 0 Å². The maximum absolute atomic E-state index is 12.4. The summed E-state index contributed by atoms with van der Waals surface area (Å²) in [5.74, 6) is 0.254. The first-order valence-corrected chi connectivity index (χ1v) is 7.87. The molecule has 0 atom stereocenters. The topological polar surface area (TPSA) is 80.5 Å². The van der Waals surface area contributed by atoms with Crippen LogP contribution in [0.25, 0.3) is 0 Å². The fourth-order valence-corrected chi connectivity index (χ4v) is 2.74. The van der Waals surface area contributed by atoms with Crippen molar-refractivity contribution in [2.75, 3.05) is 37.4 Å². The van der Waals surface area contributed by atoms with E-state index in [4.69, 9.17) is 10.5 Å². The van der Waals surface area contributed by atoms with E-state index in [1.54, 1.807) is 4.90 Å². The smallest absolute Gasteiger partial charge is 0.267 e. The molecule has 0 spiro atoms. The van der Waals surface area contributed by atoms with Crippen LogP contribution in [0, 0.1) is 0 Å². The molecule has 1 amide bonds. The van der Waals surface area contributed by atoms with Crippen LogP contribution in [-0.4, -0.2) is 48.1 Å². The van der Waals surface area contributed by atoms with Crippen molar-refractivity contribution < 1.29 is 9.53 Å². The van der Waals surface area contributed by atoms with Gasteiger partial charge in [0.25, 0.3) is 5.91 Å². The van der Waals surface area contributed by atoms with Crippen LogP contribution in [0.3, 0.4) is 0 Å². The number of nitrogens with one attached hydrogen (secondary N) is 1. The number of carbonyl (C=O) groups is 1. The molecule has 112 valence electrons. The van der Waals surface area contributed by atoms with Crippen molar-refractivity contribution in [1.82, 2.24) is 9.88 Å². The fraction of sp³-hybridized carbons (Fsp3) is 0.692. The standard InChI is InChI=1S/C13H22N4O2S/c1-3-17(7-8-19-4-2)12(18)10-11(14)16-13(20-10)15-9-5-6-9/h9H,3-8,14H2,1-2H3,(H,15,16). The summed E-state index contributed by atoms with van der Waals surface area (Å²) in [6.07, 6.45) is 2.33. The van der Waals surface area contributed by atoms with Crippen molar-refractivity contribution in [1.29, 1.82) is 0 Å². The lowest BCUT2D eigenvalue weighted by molar-refractivity contribution is 0.0674. The van der Waals surface area contributed by atoms with E-state index < -0.39 is 0 Å². The van der Waals surface area contributed by atoms with Gasteiger partial charge in [-0.05, 0) is 26.7 Å². The molecule has 20 heavy (non-hydrogen) atoms. The number of likely N-dealkylation sites (N-methyl/N-ethyl adjacent to an activating group) is 1. The average Bonchev–Trinajstić information content (AvgIpc) is 3.16. The molecule has 6 nitrogen and oxygen atoms in total. The second kappa shape index (κ2) is 6.90. The lowest BCUT2D eigenvalue weighted by Crippen LogP contribution is -2.33. The van der Waals surface area contributed by atoms with E-state index in [0.29, 0.717) is 43.0 Å². The van der Waals surface area contributed by atoms with Gasteiger partial charge in [0.2, 0.25) is 0 Å². The molecule has 1 aromatic heterocycles. The van der Waals surface area contributed by atoms with Crippen LogP contribution in [0.1, 0.15) is 36.4 Å². The van der Waals surface area contributed by atoms with Crippen LogP contribution in [0.4, 0.5) is 10.9 Å². The number of amides is 1. The number of aromatic nitrogens is 1. The predicted molar refractivity (Wildman–Crippen MR) is 81.2 cm³/mol. The largest absolute Gasteiger partial charge is 0.382 e. The van der Waals surface area contributed by atoms with Gasteiger partial charge in [-0.2, -0.15) is 0 Å². The number of rotatable bonds is 8. The van der Waals surface area contributed by atoms with Gasteiger partial charge in [0.05, 0.1) is 6.61 Å². The van der Waals surface area contributed by atoms with Gasteiger partial charge in [-0.25, -0.2) is 4.98 Å².